The summed E-state index contributed by atoms with van der Waals surface area (Å²) in [6, 6.07) is 4.28. The van der Waals surface area contributed by atoms with Gasteiger partial charge in [0.2, 0.25) is 0 Å². The molecule has 0 aliphatic heterocycles. The van der Waals surface area contributed by atoms with Gasteiger partial charge in [-0.05, 0) is 38.6 Å². The minimum absolute atomic E-state index is 0.759. The van der Waals surface area contributed by atoms with Crippen molar-refractivity contribution in [3.63, 3.8) is 0 Å². The van der Waals surface area contributed by atoms with Crippen molar-refractivity contribution in [2.24, 2.45) is 4.99 Å². The van der Waals surface area contributed by atoms with Crippen molar-refractivity contribution in [3.8, 4) is 0 Å². The van der Waals surface area contributed by atoms with Gasteiger partial charge < -0.3 is 0 Å². The van der Waals surface area contributed by atoms with Gasteiger partial charge in [-0.3, -0.25) is 4.99 Å². The first-order chi connectivity index (χ1) is 6.06. The number of rotatable bonds is 2. The van der Waals surface area contributed by atoms with Crippen LogP contribution in [0.3, 0.4) is 0 Å². The zero-order chi connectivity index (χ0) is 10.0. The summed E-state index contributed by atoms with van der Waals surface area (Å²) >= 11 is 0. The highest BCUT2D eigenvalue weighted by molar-refractivity contribution is 5.71. The molecule has 0 spiro atoms. The number of hydrogen-bond acceptors (Lipinski definition) is 1. The number of benzene rings is 1. The second kappa shape index (κ2) is 3.56. The van der Waals surface area contributed by atoms with Crippen molar-refractivity contribution in [3.05, 3.63) is 41.0 Å². The molecule has 0 aliphatic rings. The fourth-order valence-electron chi connectivity index (χ4n) is 1.71. The van der Waals surface area contributed by atoms with Crippen LogP contribution in [0, 0.1) is 20.8 Å². The fraction of sp³-hybridized carbons (Fsp3) is 0.250. The number of aliphatic imine (C=N–C) groups is 1. The molecule has 0 heterocycles. The average molecular weight is 173 g/mol. The van der Waals surface area contributed by atoms with Crippen LogP contribution in [-0.4, -0.2) is 6.72 Å². The van der Waals surface area contributed by atoms with E-state index in [0.717, 1.165) is 11.3 Å². The lowest BCUT2D eigenvalue weighted by atomic mass is 9.98. The molecule has 0 N–H and O–H groups in total. The third-order valence-electron chi connectivity index (χ3n) is 2.16. The number of hydrogen-bond donors (Lipinski definition) is 0. The zero-order valence-corrected chi connectivity index (χ0v) is 8.52. The first kappa shape index (κ1) is 9.72. The topological polar surface area (TPSA) is 12.4 Å². The Kier molecular flexibility index (Phi) is 2.66. The summed E-state index contributed by atoms with van der Waals surface area (Å²) in [6.45, 7) is 13.6. The maximum absolute atomic E-state index is 3.87. The summed E-state index contributed by atoms with van der Waals surface area (Å²) in [7, 11) is 0. The lowest BCUT2D eigenvalue weighted by Crippen LogP contribution is -1.91. The van der Waals surface area contributed by atoms with Crippen LogP contribution in [-0.2, 0) is 0 Å². The molecule has 0 bridgehead atoms. The Balaban J connectivity index is 3.36. The third kappa shape index (κ3) is 1.86. The first-order valence-electron chi connectivity index (χ1n) is 4.30. The zero-order valence-electron chi connectivity index (χ0n) is 8.52. The summed E-state index contributed by atoms with van der Waals surface area (Å²) in [5, 5.41) is 0. The second-order valence-corrected chi connectivity index (χ2v) is 3.38. The Morgan fingerprint density at radius 2 is 1.62 bits per heavy atom. The largest absolute Gasteiger partial charge is 0.265 e. The molecular formula is C12H15N. The first-order valence-corrected chi connectivity index (χ1v) is 4.30. The quantitative estimate of drug-likeness (QED) is 0.608. The molecule has 1 rings (SSSR count). The van der Waals surface area contributed by atoms with Crippen LogP contribution in [0.15, 0.2) is 23.7 Å². The Morgan fingerprint density at radius 3 is 2.00 bits per heavy atom. The molecule has 0 atom stereocenters. The molecule has 0 unspecified atom stereocenters. The lowest BCUT2D eigenvalue weighted by Gasteiger charge is -2.10. The van der Waals surface area contributed by atoms with E-state index in [-0.39, 0.29) is 0 Å². The van der Waals surface area contributed by atoms with Crippen molar-refractivity contribution < 1.29 is 0 Å². The Labute approximate surface area is 79.8 Å². The van der Waals surface area contributed by atoms with Crippen molar-refractivity contribution in [2.45, 2.75) is 20.8 Å². The normalized spacial score (nSPS) is 9.77. The van der Waals surface area contributed by atoms with E-state index in [1.165, 1.54) is 16.7 Å². The number of nitrogens with zero attached hydrogens (tertiary/aromatic N) is 1. The molecule has 0 saturated carbocycles. The molecule has 0 radical (unpaired) electrons. The predicted octanol–water partition coefficient (Wildman–Crippen LogP) is 3.28. The van der Waals surface area contributed by atoms with E-state index in [2.05, 4.69) is 51.2 Å². The molecule has 1 heteroatoms. The van der Waals surface area contributed by atoms with Gasteiger partial charge in [-0.25, -0.2) is 0 Å². The summed E-state index contributed by atoms with van der Waals surface area (Å²) in [5.74, 6) is 0. The van der Waals surface area contributed by atoms with E-state index in [0.29, 0.717) is 0 Å². The highest BCUT2D eigenvalue weighted by Crippen LogP contribution is 2.23. The molecule has 0 fully saturated rings. The van der Waals surface area contributed by atoms with Crippen molar-refractivity contribution >= 4 is 12.4 Å². The molecule has 0 saturated heterocycles. The summed E-state index contributed by atoms with van der Waals surface area (Å²) < 4.78 is 0. The van der Waals surface area contributed by atoms with Gasteiger partial charge in [0.05, 0.1) is 5.70 Å². The van der Waals surface area contributed by atoms with E-state index in [1.54, 1.807) is 0 Å². The minimum Gasteiger partial charge on any atom is -0.265 e. The van der Waals surface area contributed by atoms with E-state index >= 15 is 0 Å². The maximum Gasteiger partial charge on any atom is 0.0628 e. The maximum atomic E-state index is 3.87. The van der Waals surface area contributed by atoms with Crippen molar-refractivity contribution in [2.75, 3.05) is 0 Å². The van der Waals surface area contributed by atoms with Gasteiger partial charge in [0.1, 0.15) is 0 Å². The standard InChI is InChI=1S/C12H15N/c1-8-6-9(2)12(10(3)7-8)11(4)13-5/h6-7H,4-5H2,1-3H3. The third-order valence-corrected chi connectivity index (χ3v) is 2.16. The van der Waals surface area contributed by atoms with Gasteiger partial charge in [0.15, 0.2) is 0 Å². The Morgan fingerprint density at radius 1 is 1.15 bits per heavy atom. The van der Waals surface area contributed by atoms with Crippen LogP contribution in [0.1, 0.15) is 22.3 Å². The highest BCUT2D eigenvalue weighted by Gasteiger charge is 2.05. The van der Waals surface area contributed by atoms with Gasteiger partial charge >= 0.3 is 0 Å². The molecular weight excluding hydrogens is 158 g/mol. The number of aryl methyl sites for hydroxylation is 3. The lowest BCUT2D eigenvalue weighted by molar-refractivity contribution is 1.28. The summed E-state index contributed by atoms with van der Waals surface area (Å²) in [5.41, 5.74) is 5.59. The smallest absolute Gasteiger partial charge is 0.0628 e. The van der Waals surface area contributed by atoms with Gasteiger partial charge in [-0.2, -0.15) is 0 Å². The van der Waals surface area contributed by atoms with E-state index in [4.69, 9.17) is 0 Å². The molecule has 1 aromatic rings. The molecule has 13 heavy (non-hydrogen) atoms. The van der Waals surface area contributed by atoms with Crippen LogP contribution < -0.4 is 0 Å². The molecule has 0 amide bonds. The van der Waals surface area contributed by atoms with Gasteiger partial charge in [-0.1, -0.05) is 24.3 Å². The van der Waals surface area contributed by atoms with E-state index in [1.807, 2.05) is 0 Å². The predicted molar refractivity (Wildman–Crippen MR) is 59.2 cm³/mol. The minimum atomic E-state index is 0.759. The van der Waals surface area contributed by atoms with Crippen LogP contribution in [0.25, 0.3) is 5.70 Å². The van der Waals surface area contributed by atoms with E-state index < -0.39 is 0 Å². The van der Waals surface area contributed by atoms with Crippen LogP contribution in [0.2, 0.25) is 0 Å². The average Bonchev–Trinajstić information content (AvgIpc) is 2.02. The van der Waals surface area contributed by atoms with E-state index in [9.17, 15) is 0 Å². The molecule has 0 aliphatic carbocycles. The van der Waals surface area contributed by atoms with Crippen LogP contribution in [0.5, 0.6) is 0 Å². The molecule has 68 valence electrons. The molecule has 1 nitrogen and oxygen atoms in total. The van der Waals surface area contributed by atoms with Gasteiger partial charge in [-0.15, -0.1) is 0 Å². The van der Waals surface area contributed by atoms with Gasteiger partial charge in [0, 0.05) is 5.56 Å². The van der Waals surface area contributed by atoms with Crippen LogP contribution >= 0.6 is 0 Å². The van der Waals surface area contributed by atoms with Crippen LogP contribution in [0.4, 0.5) is 0 Å². The SMILES string of the molecule is C=NC(=C)c1c(C)cc(C)cc1C. The summed E-state index contributed by atoms with van der Waals surface area (Å²) in [4.78, 5) is 3.87. The highest BCUT2D eigenvalue weighted by atomic mass is 14.7. The monoisotopic (exact) mass is 173 g/mol. The Hall–Kier alpha value is -1.37. The fourth-order valence-corrected chi connectivity index (χ4v) is 1.71. The van der Waals surface area contributed by atoms with Crippen molar-refractivity contribution in [1.29, 1.82) is 0 Å². The molecule has 1 aromatic carbocycles. The Bertz CT molecular complexity index is 338. The second-order valence-electron chi connectivity index (χ2n) is 3.38. The van der Waals surface area contributed by atoms with Gasteiger partial charge in [0.25, 0.3) is 0 Å². The van der Waals surface area contributed by atoms with Crippen molar-refractivity contribution in [1.82, 2.24) is 0 Å². The summed E-state index contributed by atoms with van der Waals surface area (Å²) in [6.07, 6.45) is 0. The molecule has 0 aromatic heterocycles.